The summed E-state index contributed by atoms with van der Waals surface area (Å²) in [7, 11) is 0. The molecule has 2 aromatic heterocycles. The van der Waals surface area contributed by atoms with Crippen LogP contribution in [0.4, 0.5) is 11.8 Å². The fourth-order valence-corrected chi connectivity index (χ4v) is 1.23. The lowest BCUT2D eigenvalue weighted by Crippen LogP contribution is -1.83. The highest BCUT2D eigenvalue weighted by molar-refractivity contribution is 6.16. The van der Waals surface area contributed by atoms with Crippen LogP contribution >= 0.6 is 11.6 Å². The largest absolute Gasteiger partial charge is 0.433 e. The van der Waals surface area contributed by atoms with Gasteiger partial charge >= 0.3 is 11.8 Å². The summed E-state index contributed by atoms with van der Waals surface area (Å²) in [6, 6.07) is 5.31. The van der Waals surface area contributed by atoms with Gasteiger partial charge < -0.3 is 13.9 Å². The Morgan fingerprint density at radius 2 is 1.45 bits per heavy atom. The molecule has 0 spiro atoms. The van der Waals surface area contributed by atoms with Crippen LogP contribution in [0.25, 0.3) is 0 Å². The van der Waals surface area contributed by atoms with Crippen molar-refractivity contribution in [2.45, 2.75) is 12.5 Å². The first-order valence-electron chi connectivity index (χ1n) is 5.11. The minimum absolute atomic E-state index is 0.161. The maximum Gasteiger partial charge on any atom is 0.433 e. The molecule has 20 heavy (non-hydrogen) atoms. The fraction of sp³-hybridized carbons (Fsp3) is 0.200. The molecule has 0 radical (unpaired) electrons. The molecule has 0 saturated heterocycles. The van der Waals surface area contributed by atoms with Crippen molar-refractivity contribution in [2.24, 2.45) is 0 Å². The van der Waals surface area contributed by atoms with Crippen molar-refractivity contribution in [3.8, 4) is 0 Å². The standard InChI is InChI=1S/C5H4ClNO3.C5H5NO4/c6-3-4-1-2-5(10-4)7(8)9;7-3-4-1-2-5(10-4)6(8)9/h1-2H,3H2;1-2,7H,3H2. The molecule has 0 amide bonds. The maximum atomic E-state index is 10.00. The van der Waals surface area contributed by atoms with Gasteiger partial charge in [-0.05, 0) is 12.1 Å². The van der Waals surface area contributed by atoms with E-state index in [-0.39, 0.29) is 30.0 Å². The molecule has 0 aliphatic heterocycles. The second kappa shape index (κ2) is 7.26. The van der Waals surface area contributed by atoms with Crippen LogP contribution in [0, 0.1) is 20.2 Å². The van der Waals surface area contributed by atoms with Crippen LogP contribution in [-0.2, 0) is 12.5 Å². The molecule has 108 valence electrons. The topological polar surface area (TPSA) is 133 Å². The molecular weight excluding hydrogens is 296 g/mol. The average Bonchev–Trinajstić information content (AvgIpc) is 3.08. The number of hydrogen-bond acceptors (Lipinski definition) is 7. The molecule has 0 aliphatic carbocycles. The molecule has 0 aromatic carbocycles. The molecule has 0 atom stereocenters. The summed E-state index contributed by atoms with van der Waals surface area (Å²) in [5.74, 6) is 0.160. The van der Waals surface area contributed by atoms with E-state index < -0.39 is 9.85 Å². The van der Waals surface area contributed by atoms with Crippen LogP contribution in [-0.4, -0.2) is 15.0 Å². The third-order valence-corrected chi connectivity index (χ3v) is 2.21. The zero-order valence-corrected chi connectivity index (χ0v) is 10.6. The minimum atomic E-state index is -0.654. The molecular formula is C10H9ClN2O7. The Labute approximate surface area is 116 Å². The van der Waals surface area contributed by atoms with Gasteiger partial charge in [0, 0.05) is 0 Å². The Morgan fingerprint density at radius 3 is 1.70 bits per heavy atom. The lowest BCUT2D eigenvalue weighted by atomic mass is 10.5. The molecule has 0 fully saturated rings. The number of halogens is 1. The first kappa shape index (κ1) is 15.7. The average molecular weight is 305 g/mol. The smallest absolute Gasteiger partial charge is 0.405 e. The van der Waals surface area contributed by atoms with E-state index in [1.54, 1.807) is 0 Å². The summed E-state index contributed by atoms with van der Waals surface area (Å²) in [5.41, 5.74) is 0. The number of furan rings is 2. The van der Waals surface area contributed by atoms with E-state index in [9.17, 15) is 20.2 Å². The van der Waals surface area contributed by atoms with Gasteiger partial charge in [-0.15, -0.1) is 11.6 Å². The Morgan fingerprint density at radius 1 is 1.00 bits per heavy atom. The van der Waals surface area contributed by atoms with Crippen molar-refractivity contribution in [3.05, 3.63) is 56.0 Å². The molecule has 2 aromatic rings. The molecule has 0 unspecified atom stereocenters. The van der Waals surface area contributed by atoms with Crippen molar-refractivity contribution in [1.29, 1.82) is 0 Å². The Hall–Kier alpha value is -2.39. The third kappa shape index (κ3) is 4.37. The molecule has 2 rings (SSSR count). The van der Waals surface area contributed by atoms with Gasteiger partial charge in [-0.2, -0.15) is 0 Å². The van der Waals surface area contributed by atoms with Gasteiger partial charge in [-0.1, -0.05) is 0 Å². The summed E-state index contributed by atoms with van der Waals surface area (Å²) < 4.78 is 9.21. The highest BCUT2D eigenvalue weighted by Gasteiger charge is 2.10. The van der Waals surface area contributed by atoms with Gasteiger partial charge in [0.15, 0.2) is 0 Å². The zero-order chi connectivity index (χ0) is 15.1. The van der Waals surface area contributed by atoms with E-state index in [0.29, 0.717) is 5.76 Å². The van der Waals surface area contributed by atoms with Gasteiger partial charge in [0.2, 0.25) is 0 Å². The van der Waals surface area contributed by atoms with Gasteiger partial charge in [0.05, 0.1) is 18.0 Å². The van der Waals surface area contributed by atoms with Crippen molar-refractivity contribution in [2.75, 3.05) is 0 Å². The highest BCUT2D eigenvalue weighted by Crippen LogP contribution is 2.16. The van der Waals surface area contributed by atoms with E-state index in [0.717, 1.165) is 0 Å². The predicted molar refractivity (Wildman–Crippen MR) is 66.2 cm³/mol. The van der Waals surface area contributed by atoms with Crippen molar-refractivity contribution in [1.82, 2.24) is 0 Å². The minimum Gasteiger partial charge on any atom is -0.405 e. The van der Waals surface area contributed by atoms with Gasteiger partial charge in [-0.25, -0.2) is 0 Å². The number of aliphatic hydroxyl groups is 1. The van der Waals surface area contributed by atoms with Crippen molar-refractivity contribution >= 4 is 23.4 Å². The lowest BCUT2D eigenvalue weighted by molar-refractivity contribution is -0.402. The van der Waals surface area contributed by atoms with E-state index in [1.807, 2.05) is 0 Å². The number of nitro groups is 2. The molecule has 0 saturated carbocycles. The van der Waals surface area contributed by atoms with Crippen LogP contribution in [0.15, 0.2) is 33.1 Å². The number of rotatable bonds is 4. The van der Waals surface area contributed by atoms with Gasteiger partial charge in [0.1, 0.15) is 28.0 Å². The van der Waals surface area contributed by atoms with Crippen LogP contribution in [0.3, 0.4) is 0 Å². The first-order valence-corrected chi connectivity index (χ1v) is 5.64. The fourth-order valence-electron chi connectivity index (χ4n) is 1.09. The second-order valence-corrected chi connectivity index (χ2v) is 3.55. The van der Waals surface area contributed by atoms with Crippen molar-refractivity contribution in [3.63, 3.8) is 0 Å². The lowest BCUT2D eigenvalue weighted by Gasteiger charge is -1.83. The molecule has 9 nitrogen and oxygen atoms in total. The van der Waals surface area contributed by atoms with Crippen LogP contribution < -0.4 is 0 Å². The number of hydrogen-bond donors (Lipinski definition) is 1. The summed E-state index contributed by atoms with van der Waals surface area (Å²) in [5, 5.41) is 28.4. The summed E-state index contributed by atoms with van der Waals surface area (Å²) in [6.07, 6.45) is 0. The molecule has 2 heterocycles. The van der Waals surface area contributed by atoms with Crippen LogP contribution in [0.5, 0.6) is 0 Å². The summed E-state index contributed by atoms with van der Waals surface area (Å²) in [6.45, 7) is -0.312. The predicted octanol–water partition coefficient (Wildman–Crippen LogP) is 2.61. The van der Waals surface area contributed by atoms with E-state index in [2.05, 4.69) is 8.83 Å². The Balaban J connectivity index is 0.000000200. The quantitative estimate of drug-likeness (QED) is 0.521. The Kier molecular flexibility index (Phi) is 5.69. The molecule has 10 heteroatoms. The number of aliphatic hydroxyl groups excluding tert-OH is 1. The molecule has 0 aliphatic rings. The van der Waals surface area contributed by atoms with E-state index in [1.165, 1.54) is 24.3 Å². The second-order valence-electron chi connectivity index (χ2n) is 3.29. The van der Waals surface area contributed by atoms with Crippen LogP contribution in [0.2, 0.25) is 0 Å². The molecule has 0 bridgehead atoms. The van der Waals surface area contributed by atoms with E-state index in [4.69, 9.17) is 16.7 Å². The summed E-state index contributed by atoms with van der Waals surface area (Å²) in [4.78, 5) is 18.7. The van der Waals surface area contributed by atoms with E-state index >= 15 is 0 Å². The highest BCUT2D eigenvalue weighted by atomic mass is 35.5. The first-order chi connectivity index (χ1) is 9.47. The number of nitrogens with zero attached hydrogens (tertiary/aromatic N) is 2. The van der Waals surface area contributed by atoms with Gasteiger partial charge in [0.25, 0.3) is 0 Å². The van der Waals surface area contributed by atoms with Gasteiger partial charge in [-0.3, -0.25) is 20.2 Å². The number of alkyl halides is 1. The summed E-state index contributed by atoms with van der Waals surface area (Å²) >= 11 is 5.33. The SMILES string of the molecule is O=[N+]([O-])c1ccc(CCl)o1.O=[N+]([O-])c1ccc(CO)o1. The monoisotopic (exact) mass is 304 g/mol. The Bertz CT molecular complexity index is 540. The van der Waals surface area contributed by atoms with Crippen LogP contribution in [0.1, 0.15) is 11.5 Å². The zero-order valence-electron chi connectivity index (χ0n) is 9.89. The maximum absolute atomic E-state index is 10.00. The third-order valence-electron chi connectivity index (χ3n) is 1.94. The molecule has 1 N–H and O–H groups in total. The normalized spacial score (nSPS) is 9.70. The van der Waals surface area contributed by atoms with Crippen molar-refractivity contribution < 1.29 is 23.8 Å².